The number of ketones is 1. The molecule has 1 aliphatic heterocycles. The lowest BCUT2D eigenvalue weighted by Gasteiger charge is -2.16. The van der Waals surface area contributed by atoms with Crippen molar-refractivity contribution in [2.75, 3.05) is 17.2 Å². The molecule has 0 radical (unpaired) electrons. The number of anilines is 1. The van der Waals surface area contributed by atoms with Crippen molar-refractivity contribution in [3.8, 4) is 0 Å². The Balaban J connectivity index is 1.45. The zero-order valence-electron chi connectivity index (χ0n) is 14.9. The van der Waals surface area contributed by atoms with E-state index >= 15 is 0 Å². The van der Waals surface area contributed by atoms with E-state index in [4.69, 9.17) is 0 Å². The zero-order valence-corrected chi connectivity index (χ0v) is 15.7. The standard InChI is InChI=1S/C19H22N4O2S/c1-2-22-18(13-8-9-13)20-21-19(22)26-12-16(24)14-5-3-6-15(11-14)23-10-4-7-17(23)25/h3,5-6,11,13H,2,4,7-10,12H2,1H3. The Morgan fingerprint density at radius 1 is 1.31 bits per heavy atom. The lowest BCUT2D eigenvalue weighted by molar-refractivity contribution is -0.117. The monoisotopic (exact) mass is 370 g/mol. The molecule has 7 heteroatoms. The second-order valence-corrected chi connectivity index (χ2v) is 7.71. The van der Waals surface area contributed by atoms with Gasteiger partial charge >= 0.3 is 0 Å². The van der Waals surface area contributed by atoms with E-state index in [0.29, 0.717) is 23.7 Å². The molecule has 1 amide bonds. The Morgan fingerprint density at radius 3 is 2.85 bits per heavy atom. The highest BCUT2D eigenvalue weighted by molar-refractivity contribution is 7.99. The van der Waals surface area contributed by atoms with Crippen LogP contribution in [-0.2, 0) is 11.3 Å². The molecule has 2 aliphatic rings. The minimum atomic E-state index is 0.0436. The topological polar surface area (TPSA) is 68.1 Å². The number of thioether (sulfide) groups is 1. The van der Waals surface area contributed by atoms with Crippen molar-refractivity contribution >= 4 is 29.1 Å². The molecule has 6 nitrogen and oxygen atoms in total. The number of carbonyl (C=O) groups excluding carboxylic acids is 2. The van der Waals surface area contributed by atoms with Gasteiger partial charge in [0.25, 0.3) is 0 Å². The number of aromatic nitrogens is 3. The van der Waals surface area contributed by atoms with E-state index in [1.54, 1.807) is 4.90 Å². The summed E-state index contributed by atoms with van der Waals surface area (Å²) in [5.74, 6) is 2.09. The maximum Gasteiger partial charge on any atom is 0.227 e. The van der Waals surface area contributed by atoms with Gasteiger partial charge in [-0.1, -0.05) is 23.9 Å². The summed E-state index contributed by atoms with van der Waals surface area (Å²) >= 11 is 1.44. The van der Waals surface area contributed by atoms with Crippen LogP contribution in [0, 0.1) is 0 Å². The van der Waals surface area contributed by atoms with E-state index in [2.05, 4.69) is 21.7 Å². The Labute approximate surface area is 157 Å². The minimum absolute atomic E-state index is 0.0436. The molecule has 0 bridgehead atoms. The number of hydrogen-bond acceptors (Lipinski definition) is 5. The first-order valence-electron chi connectivity index (χ1n) is 9.17. The molecule has 4 rings (SSSR count). The molecule has 1 aliphatic carbocycles. The van der Waals surface area contributed by atoms with Crippen LogP contribution in [0.2, 0.25) is 0 Å². The number of Topliss-reactive ketones (excluding diaryl/α,β-unsaturated/α-hetero) is 1. The zero-order chi connectivity index (χ0) is 18.1. The maximum absolute atomic E-state index is 12.6. The Hall–Kier alpha value is -2.15. The average Bonchev–Trinajstić information content (AvgIpc) is 3.28. The fourth-order valence-electron chi connectivity index (χ4n) is 3.33. The normalized spacial score (nSPS) is 17.1. The first-order chi connectivity index (χ1) is 12.7. The van der Waals surface area contributed by atoms with Gasteiger partial charge in [0.15, 0.2) is 10.9 Å². The van der Waals surface area contributed by atoms with Gasteiger partial charge < -0.3 is 9.47 Å². The van der Waals surface area contributed by atoms with Crippen molar-refractivity contribution in [3.63, 3.8) is 0 Å². The number of hydrogen-bond donors (Lipinski definition) is 0. The predicted octanol–water partition coefficient (Wildman–Crippen LogP) is 3.28. The summed E-state index contributed by atoms with van der Waals surface area (Å²) in [5.41, 5.74) is 1.45. The van der Waals surface area contributed by atoms with Gasteiger partial charge in [-0.05, 0) is 38.3 Å². The molecule has 2 aromatic rings. The first kappa shape index (κ1) is 17.3. The third-order valence-corrected chi connectivity index (χ3v) is 5.86. The highest BCUT2D eigenvalue weighted by Crippen LogP contribution is 2.40. The van der Waals surface area contributed by atoms with Crippen LogP contribution in [0.4, 0.5) is 5.69 Å². The summed E-state index contributed by atoms with van der Waals surface area (Å²) in [6, 6.07) is 7.38. The van der Waals surface area contributed by atoms with Crippen molar-refractivity contribution in [2.45, 2.75) is 50.2 Å². The van der Waals surface area contributed by atoms with Crippen LogP contribution in [0.15, 0.2) is 29.4 Å². The summed E-state index contributed by atoms with van der Waals surface area (Å²) in [6.45, 7) is 3.63. The fourth-order valence-corrected chi connectivity index (χ4v) is 4.23. The van der Waals surface area contributed by atoms with E-state index in [1.807, 2.05) is 24.3 Å². The molecule has 0 unspecified atom stereocenters. The lowest BCUT2D eigenvalue weighted by atomic mass is 10.1. The molecule has 1 saturated carbocycles. The van der Waals surface area contributed by atoms with Crippen molar-refractivity contribution in [1.29, 1.82) is 0 Å². The van der Waals surface area contributed by atoms with Gasteiger partial charge in [0, 0.05) is 36.7 Å². The molecule has 1 aromatic heterocycles. The molecule has 0 N–H and O–H groups in total. The van der Waals surface area contributed by atoms with Gasteiger partial charge in [0.2, 0.25) is 5.91 Å². The summed E-state index contributed by atoms with van der Waals surface area (Å²) in [6.07, 6.45) is 3.83. The van der Waals surface area contributed by atoms with E-state index in [-0.39, 0.29) is 11.7 Å². The van der Waals surface area contributed by atoms with Gasteiger partial charge in [0.05, 0.1) is 5.75 Å². The SMILES string of the molecule is CCn1c(SCC(=O)c2cccc(N3CCCC3=O)c2)nnc1C1CC1. The second-order valence-electron chi connectivity index (χ2n) is 6.77. The molecule has 0 atom stereocenters. The minimum Gasteiger partial charge on any atom is -0.312 e. The van der Waals surface area contributed by atoms with Crippen LogP contribution in [0.3, 0.4) is 0 Å². The van der Waals surface area contributed by atoms with Crippen LogP contribution in [0.25, 0.3) is 0 Å². The van der Waals surface area contributed by atoms with Crippen molar-refractivity contribution in [1.82, 2.24) is 14.8 Å². The van der Waals surface area contributed by atoms with Crippen molar-refractivity contribution in [2.24, 2.45) is 0 Å². The Bertz CT molecular complexity index is 844. The second kappa shape index (κ2) is 7.23. The number of nitrogens with zero attached hydrogens (tertiary/aromatic N) is 4. The van der Waals surface area contributed by atoms with E-state index in [9.17, 15) is 9.59 Å². The average molecular weight is 370 g/mol. The van der Waals surface area contributed by atoms with Crippen molar-refractivity contribution in [3.05, 3.63) is 35.7 Å². The highest BCUT2D eigenvalue weighted by atomic mass is 32.2. The van der Waals surface area contributed by atoms with Gasteiger partial charge in [-0.3, -0.25) is 9.59 Å². The summed E-state index contributed by atoms with van der Waals surface area (Å²) in [4.78, 5) is 26.3. The quantitative estimate of drug-likeness (QED) is 0.553. The molecule has 2 heterocycles. The molecule has 1 saturated heterocycles. The third-order valence-electron chi connectivity index (χ3n) is 4.89. The summed E-state index contributed by atoms with van der Waals surface area (Å²) in [7, 11) is 0. The van der Waals surface area contributed by atoms with Crippen LogP contribution in [0.5, 0.6) is 0 Å². The smallest absolute Gasteiger partial charge is 0.227 e. The van der Waals surface area contributed by atoms with E-state index < -0.39 is 0 Å². The first-order valence-corrected chi connectivity index (χ1v) is 10.2. The molecular formula is C19H22N4O2S. The van der Waals surface area contributed by atoms with E-state index in [1.165, 1.54) is 24.6 Å². The van der Waals surface area contributed by atoms with Gasteiger partial charge in [-0.25, -0.2) is 0 Å². The van der Waals surface area contributed by atoms with Crippen LogP contribution in [0.1, 0.15) is 54.7 Å². The number of benzene rings is 1. The molecule has 136 valence electrons. The maximum atomic E-state index is 12.6. The van der Waals surface area contributed by atoms with Crippen molar-refractivity contribution < 1.29 is 9.59 Å². The fraction of sp³-hybridized carbons (Fsp3) is 0.474. The van der Waals surface area contributed by atoms with Gasteiger partial charge in [0.1, 0.15) is 5.82 Å². The van der Waals surface area contributed by atoms with Crippen LogP contribution in [-0.4, -0.2) is 38.8 Å². The Kier molecular flexibility index (Phi) is 4.80. The van der Waals surface area contributed by atoms with Crippen LogP contribution < -0.4 is 4.90 Å². The van der Waals surface area contributed by atoms with E-state index in [0.717, 1.165) is 36.2 Å². The molecular weight excluding hydrogens is 348 g/mol. The molecule has 26 heavy (non-hydrogen) atoms. The highest BCUT2D eigenvalue weighted by Gasteiger charge is 2.30. The predicted molar refractivity (Wildman–Crippen MR) is 101 cm³/mol. The number of carbonyl (C=O) groups is 2. The van der Waals surface area contributed by atoms with Crippen LogP contribution >= 0.6 is 11.8 Å². The number of amides is 1. The third kappa shape index (κ3) is 3.40. The summed E-state index contributed by atoms with van der Waals surface area (Å²) < 4.78 is 2.12. The largest absolute Gasteiger partial charge is 0.312 e. The number of rotatable bonds is 7. The molecule has 2 fully saturated rings. The van der Waals surface area contributed by atoms with Gasteiger partial charge in [-0.2, -0.15) is 0 Å². The molecule has 0 spiro atoms. The Morgan fingerprint density at radius 2 is 2.15 bits per heavy atom. The van der Waals surface area contributed by atoms with Gasteiger partial charge in [-0.15, -0.1) is 10.2 Å². The lowest BCUT2D eigenvalue weighted by Crippen LogP contribution is -2.23. The molecule has 1 aromatic carbocycles. The summed E-state index contributed by atoms with van der Waals surface area (Å²) in [5, 5.41) is 9.40.